The molecule has 0 heterocycles. The van der Waals surface area contributed by atoms with Gasteiger partial charge >= 0.3 is 5.97 Å². The van der Waals surface area contributed by atoms with E-state index in [0.29, 0.717) is 6.61 Å². The van der Waals surface area contributed by atoms with Crippen molar-refractivity contribution in [1.29, 1.82) is 0 Å². The minimum absolute atomic E-state index is 0.0570. The van der Waals surface area contributed by atoms with Gasteiger partial charge in [0.2, 0.25) is 0 Å². The molecule has 0 aliphatic heterocycles. The Balaban J connectivity index is 2.98. The molecule has 0 fully saturated rings. The molecule has 0 saturated carbocycles. The monoisotopic (exact) mass is 265 g/mol. The van der Waals surface area contributed by atoms with Gasteiger partial charge in [-0.1, -0.05) is 26.0 Å². The zero-order valence-corrected chi connectivity index (χ0v) is 12.0. The molecule has 1 aromatic rings. The average molecular weight is 265 g/mol. The van der Waals surface area contributed by atoms with Crippen LogP contribution in [0.15, 0.2) is 24.3 Å². The second-order valence-electron chi connectivity index (χ2n) is 4.88. The predicted octanol–water partition coefficient (Wildman–Crippen LogP) is 2.70. The van der Waals surface area contributed by atoms with Crippen LogP contribution in [0.4, 0.5) is 0 Å². The van der Waals surface area contributed by atoms with Crippen LogP contribution >= 0.6 is 0 Å². The van der Waals surface area contributed by atoms with Gasteiger partial charge in [0.15, 0.2) is 0 Å². The fourth-order valence-electron chi connectivity index (χ4n) is 2.30. The molecule has 0 bridgehead atoms. The summed E-state index contributed by atoms with van der Waals surface area (Å²) in [5, 5.41) is 12.5. The van der Waals surface area contributed by atoms with Gasteiger partial charge in [0.1, 0.15) is 5.75 Å². The number of carboxylic acid groups (broad SMARTS) is 1. The van der Waals surface area contributed by atoms with Crippen LogP contribution in [0, 0.1) is 11.8 Å². The first-order valence-electron chi connectivity index (χ1n) is 6.64. The maximum absolute atomic E-state index is 11.4. The third-order valence-corrected chi connectivity index (χ3v) is 3.22. The van der Waals surface area contributed by atoms with Crippen molar-refractivity contribution in [3.63, 3.8) is 0 Å². The number of nitrogens with one attached hydrogen (secondary N) is 1. The SMILES string of the molecule is CCOc1ccc(C(NC)C(C(=O)O)C(C)C)cc1. The number of carboxylic acids is 1. The summed E-state index contributed by atoms with van der Waals surface area (Å²) in [5.41, 5.74) is 0.965. The zero-order chi connectivity index (χ0) is 14.4. The zero-order valence-electron chi connectivity index (χ0n) is 12.0. The van der Waals surface area contributed by atoms with Crippen LogP contribution in [0.25, 0.3) is 0 Å². The van der Waals surface area contributed by atoms with E-state index in [4.69, 9.17) is 4.74 Å². The Labute approximate surface area is 114 Å². The summed E-state index contributed by atoms with van der Waals surface area (Å²) in [7, 11) is 1.79. The number of carbonyl (C=O) groups is 1. The lowest BCUT2D eigenvalue weighted by atomic mass is 9.84. The van der Waals surface area contributed by atoms with Gasteiger partial charge in [0.25, 0.3) is 0 Å². The van der Waals surface area contributed by atoms with Crippen molar-refractivity contribution in [1.82, 2.24) is 5.32 Å². The second kappa shape index (κ2) is 7.14. The molecule has 106 valence electrons. The fraction of sp³-hybridized carbons (Fsp3) is 0.533. The third-order valence-electron chi connectivity index (χ3n) is 3.22. The van der Waals surface area contributed by atoms with Crippen molar-refractivity contribution >= 4 is 5.97 Å². The molecule has 0 amide bonds. The van der Waals surface area contributed by atoms with E-state index in [0.717, 1.165) is 11.3 Å². The Kier molecular flexibility index (Phi) is 5.83. The van der Waals surface area contributed by atoms with Crippen LogP contribution in [0.2, 0.25) is 0 Å². The molecule has 0 aliphatic rings. The molecule has 4 nitrogen and oxygen atoms in total. The second-order valence-corrected chi connectivity index (χ2v) is 4.88. The molecule has 1 aromatic carbocycles. The molecule has 2 unspecified atom stereocenters. The van der Waals surface area contributed by atoms with Crippen LogP contribution in [0.1, 0.15) is 32.4 Å². The Morgan fingerprint density at radius 2 is 1.89 bits per heavy atom. The lowest BCUT2D eigenvalue weighted by Gasteiger charge is -2.27. The Hall–Kier alpha value is -1.55. The highest BCUT2D eigenvalue weighted by atomic mass is 16.5. The molecule has 0 radical (unpaired) electrons. The lowest BCUT2D eigenvalue weighted by molar-refractivity contribution is -0.144. The number of benzene rings is 1. The van der Waals surface area contributed by atoms with Crippen LogP contribution in [0.5, 0.6) is 5.75 Å². The quantitative estimate of drug-likeness (QED) is 0.796. The normalized spacial score (nSPS) is 14.2. The topological polar surface area (TPSA) is 58.6 Å². The van der Waals surface area contributed by atoms with Gasteiger partial charge in [-0.25, -0.2) is 0 Å². The molecule has 0 saturated heterocycles. The van der Waals surface area contributed by atoms with Crippen molar-refractivity contribution in [2.75, 3.05) is 13.7 Å². The molecule has 4 heteroatoms. The van der Waals surface area contributed by atoms with Gasteiger partial charge in [0.05, 0.1) is 12.5 Å². The summed E-state index contributed by atoms with van der Waals surface area (Å²) in [6.45, 7) is 6.41. The Morgan fingerprint density at radius 3 is 2.26 bits per heavy atom. The molecular weight excluding hydrogens is 242 g/mol. The van der Waals surface area contributed by atoms with Crippen molar-refractivity contribution in [3.8, 4) is 5.75 Å². The molecule has 0 aliphatic carbocycles. The molecule has 0 aromatic heterocycles. The summed E-state index contributed by atoms with van der Waals surface area (Å²) >= 11 is 0. The van der Waals surface area contributed by atoms with Crippen molar-refractivity contribution in [2.24, 2.45) is 11.8 Å². The summed E-state index contributed by atoms with van der Waals surface area (Å²) in [4.78, 5) is 11.4. The summed E-state index contributed by atoms with van der Waals surface area (Å²) < 4.78 is 5.39. The standard InChI is InChI=1S/C15H23NO3/c1-5-19-12-8-6-11(7-9-12)14(16-4)13(10(2)3)15(17)18/h6-10,13-14,16H,5H2,1-4H3,(H,17,18). The first kappa shape index (κ1) is 15.5. The average Bonchev–Trinajstić information content (AvgIpc) is 2.36. The maximum atomic E-state index is 11.4. The minimum atomic E-state index is -0.775. The minimum Gasteiger partial charge on any atom is -0.494 e. The van der Waals surface area contributed by atoms with E-state index in [2.05, 4.69) is 5.32 Å². The Bertz CT molecular complexity index is 400. The van der Waals surface area contributed by atoms with Crippen LogP contribution < -0.4 is 10.1 Å². The van der Waals surface area contributed by atoms with E-state index in [-0.39, 0.29) is 12.0 Å². The summed E-state index contributed by atoms with van der Waals surface area (Å²) in [5.74, 6) is -0.370. The van der Waals surface area contributed by atoms with Gasteiger partial charge in [-0.3, -0.25) is 4.79 Å². The predicted molar refractivity (Wildman–Crippen MR) is 75.4 cm³/mol. The molecule has 19 heavy (non-hydrogen) atoms. The number of aliphatic carboxylic acids is 1. The molecular formula is C15H23NO3. The molecule has 2 atom stereocenters. The van der Waals surface area contributed by atoms with E-state index >= 15 is 0 Å². The van der Waals surface area contributed by atoms with Crippen molar-refractivity contribution in [3.05, 3.63) is 29.8 Å². The third kappa shape index (κ3) is 3.96. The van der Waals surface area contributed by atoms with Crippen LogP contribution in [0.3, 0.4) is 0 Å². The number of hydrogen-bond donors (Lipinski definition) is 2. The highest BCUT2D eigenvalue weighted by Gasteiger charge is 2.31. The maximum Gasteiger partial charge on any atom is 0.308 e. The van der Waals surface area contributed by atoms with E-state index < -0.39 is 11.9 Å². The molecule has 0 spiro atoms. The first-order valence-corrected chi connectivity index (χ1v) is 6.64. The highest BCUT2D eigenvalue weighted by Crippen LogP contribution is 2.29. The Morgan fingerprint density at radius 1 is 1.32 bits per heavy atom. The van der Waals surface area contributed by atoms with Gasteiger partial charge in [0, 0.05) is 6.04 Å². The van der Waals surface area contributed by atoms with Crippen LogP contribution in [-0.2, 0) is 4.79 Å². The van der Waals surface area contributed by atoms with Gasteiger partial charge < -0.3 is 15.2 Å². The lowest BCUT2D eigenvalue weighted by Crippen LogP contribution is -2.34. The highest BCUT2D eigenvalue weighted by molar-refractivity contribution is 5.71. The molecule has 2 N–H and O–H groups in total. The molecule has 1 rings (SSSR count). The van der Waals surface area contributed by atoms with Gasteiger partial charge in [-0.05, 0) is 37.6 Å². The van der Waals surface area contributed by atoms with E-state index in [1.54, 1.807) is 7.05 Å². The fourth-order valence-corrected chi connectivity index (χ4v) is 2.30. The van der Waals surface area contributed by atoms with E-state index in [1.165, 1.54) is 0 Å². The van der Waals surface area contributed by atoms with Crippen LogP contribution in [-0.4, -0.2) is 24.7 Å². The smallest absolute Gasteiger partial charge is 0.308 e. The largest absolute Gasteiger partial charge is 0.494 e. The number of rotatable bonds is 7. The van der Waals surface area contributed by atoms with Crippen molar-refractivity contribution in [2.45, 2.75) is 26.8 Å². The summed E-state index contributed by atoms with van der Waals surface area (Å²) in [6, 6.07) is 7.40. The van der Waals surface area contributed by atoms with E-state index in [1.807, 2.05) is 45.0 Å². The number of hydrogen-bond acceptors (Lipinski definition) is 3. The van der Waals surface area contributed by atoms with E-state index in [9.17, 15) is 9.90 Å². The van der Waals surface area contributed by atoms with Gasteiger partial charge in [-0.2, -0.15) is 0 Å². The first-order chi connectivity index (χ1) is 9.01. The van der Waals surface area contributed by atoms with Gasteiger partial charge in [-0.15, -0.1) is 0 Å². The number of ether oxygens (including phenoxy) is 1. The summed E-state index contributed by atoms with van der Waals surface area (Å²) in [6.07, 6.45) is 0. The van der Waals surface area contributed by atoms with Crippen molar-refractivity contribution < 1.29 is 14.6 Å².